The third kappa shape index (κ3) is 3.22. The Morgan fingerprint density at radius 3 is 2.67 bits per heavy atom. The fraction of sp³-hybridized carbons (Fsp3) is 0.600. The molecule has 0 radical (unpaired) electrons. The van der Waals surface area contributed by atoms with Gasteiger partial charge >= 0.3 is 0 Å². The van der Waals surface area contributed by atoms with Gasteiger partial charge in [-0.1, -0.05) is 19.8 Å². The van der Waals surface area contributed by atoms with Crippen molar-refractivity contribution < 1.29 is 9.50 Å². The SMILES string of the molecule is CC1CCCCC1N(C)Cc1cc(O)cc(F)c1. The number of rotatable bonds is 3. The number of aromatic hydroxyl groups is 1. The highest BCUT2D eigenvalue weighted by atomic mass is 19.1. The van der Waals surface area contributed by atoms with Crippen LogP contribution in [0.2, 0.25) is 0 Å². The van der Waals surface area contributed by atoms with E-state index in [1.165, 1.54) is 31.7 Å². The van der Waals surface area contributed by atoms with Crippen molar-refractivity contribution in [3.63, 3.8) is 0 Å². The average molecular weight is 251 g/mol. The molecule has 2 nitrogen and oxygen atoms in total. The molecule has 0 heterocycles. The van der Waals surface area contributed by atoms with Crippen LogP contribution < -0.4 is 0 Å². The fourth-order valence-electron chi connectivity index (χ4n) is 3.08. The monoisotopic (exact) mass is 251 g/mol. The molecule has 1 aliphatic carbocycles. The number of nitrogens with zero attached hydrogens (tertiary/aromatic N) is 1. The zero-order valence-electron chi connectivity index (χ0n) is 11.2. The summed E-state index contributed by atoms with van der Waals surface area (Å²) in [5, 5.41) is 9.41. The van der Waals surface area contributed by atoms with Gasteiger partial charge in [-0.15, -0.1) is 0 Å². The van der Waals surface area contributed by atoms with Gasteiger partial charge in [0.2, 0.25) is 0 Å². The summed E-state index contributed by atoms with van der Waals surface area (Å²) in [6, 6.07) is 4.87. The molecule has 2 atom stereocenters. The third-order valence-corrected chi connectivity index (χ3v) is 4.01. The second-order valence-corrected chi connectivity index (χ2v) is 5.56. The number of hydrogen-bond acceptors (Lipinski definition) is 2. The first kappa shape index (κ1) is 13.3. The number of phenolic OH excluding ortho intramolecular Hbond substituents is 1. The van der Waals surface area contributed by atoms with Gasteiger partial charge in [0.15, 0.2) is 0 Å². The third-order valence-electron chi connectivity index (χ3n) is 4.01. The van der Waals surface area contributed by atoms with E-state index >= 15 is 0 Å². The molecule has 0 saturated heterocycles. The topological polar surface area (TPSA) is 23.5 Å². The van der Waals surface area contributed by atoms with Crippen LogP contribution in [-0.4, -0.2) is 23.1 Å². The maximum atomic E-state index is 13.2. The van der Waals surface area contributed by atoms with E-state index in [0.717, 1.165) is 11.6 Å². The molecule has 18 heavy (non-hydrogen) atoms. The number of benzene rings is 1. The van der Waals surface area contributed by atoms with Crippen LogP contribution in [0.4, 0.5) is 4.39 Å². The lowest BCUT2D eigenvalue weighted by Gasteiger charge is -2.36. The Morgan fingerprint density at radius 1 is 1.28 bits per heavy atom. The van der Waals surface area contributed by atoms with Crippen LogP contribution in [0.15, 0.2) is 18.2 Å². The van der Waals surface area contributed by atoms with E-state index in [0.29, 0.717) is 18.5 Å². The smallest absolute Gasteiger partial charge is 0.127 e. The van der Waals surface area contributed by atoms with E-state index in [2.05, 4.69) is 18.9 Å². The minimum absolute atomic E-state index is 0.00935. The second kappa shape index (κ2) is 5.70. The van der Waals surface area contributed by atoms with E-state index in [4.69, 9.17) is 0 Å². The van der Waals surface area contributed by atoms with E-state index in [1.54, 1.807) is 6.07 Å². The molecule has 3 heteroatoms. The Labute approximate surface area is 108 Å². The van der Waals surface area contributed by atoms with E-state index in [1.807, 2.05) is 0 Å². The molecular formula is C15H22FNO. The zero-order valence-corrected chi connectivity index (χ0v) is 11.2. The molecule has 1 saturated carbocycles. The summed E-state index contributed by atoms with van der Waals surface area (Å²) in [4.78, 5) is 2.29. The van der Waals surface area contributed by atoms with Gasteiger partial charge in [0.05, 0.1) is 0 Å². The molecule has 1 N–H and O–H groups in total. The van der Waals surface area contributed by atoms with Crippen molar-refractivity contribution in [2.75, 3.05) is 7.05 Å². The summed E-state index contributed by atoms with van der Waals surface area (Å²) < 4.78 is 13.2. The molecule has 1 aromatic carbocycles. The lowest BCUT2D eigenvalue weighted by Crippen LogP contribution is -2.38. The van der Waals surface area contributed by atoms with Gasteiger partial charge < -0.3 is 5.11 Å². The normalized spacial score (nSPS) is 24.4. The lowest BCUT2D eigenvalue weighted by atomic mass is 9.85. The maximum Gasteiger partial charge on any atom is 0.127 e. The minimum atomic E-state index is -0.366. The van der Waals surface area contributed by atoms with E-state index in [9.17, 15) is 9.50 Å². The predicted octanol–water partition coefficient (Wildman–Crippen LogP) is 3.54. The first-order valence-corrected chi connectivity index (χ1v) is 6.75. The Balaban J connectivity index is 2.03. The standard InChI is InChI=1S/C15H22FNO/c1-11-5-3-4-6-15(11)17(2)10-12-7-13(16)9-14(18)8-12/h7-9,11,15,18H,3-6,10H2,1-2H3. The van der Waals surface area contributed by atoms with Crippen LogP contribution in [0.1, 0.15) is 38.2 Å². The molecule has 2 rings (SSSR count). The summed E-state index contributed by atoms with van der Waals surface area (Å²) in [7, 11) is 2.09. The van der Waals surface area contributed by atoms with Crippen molar-refractivity contribution in [2.24, 2.45) is 5.92 Å². The van der Waals surface area contributed by atoms with Crippen LogP contribution in [0.5, 0.6) is 5.75 Å². The van der Waals surface area contributed by atoms with Crippen molar-refractivity contribution in [3.8, 4) is 5.75 Å². The van der Waals surface area contributed by atoms with Gasteiger partial charge in [0.25, 0.3) is 0 Å². The van der Waals surface area contributed by atoms with Crippen molar-refractivity contribution >= 4 is 0 Å². The van der Waals surface area contributed by atoms with Crippen LogP contribution in [-0.2, 0) is 6.54 Å². The van der Waals surface area contributed by atoms with Crippen LogP contribution in [0.25, 0.3) is 0 Å². The minimum Gasteiger partial charge on any atom is -0.508 e. The van der Waals surface area contributed by atoms with Crippen molar-refractivity contribution in [3.05, 3.63) is 29.6 Å². The molecule has 1 fully saturated rings. The highest BCUT2D eigenvalue weighted by molar-refractivity contribution is 5.28. The molecule has 0 bridgehead atoms. The molecule has 1 aromatic rings. The van der Waals surface area contributed by atoms with Gasteiger partial charge in [-0.3, -0.25) is 4.90 Å². The lowest BCUT2D eigenvalue weighted by molar-refractivity contribution is 0.133. The molecule has 0 spiro atoms. The first-order chi connectivity index (χ1) is 8.56. The number of hydrogen-bond donors (Lipinski definition) is 1. The molecule has 0 amide bonds. The van der Waals surface area contributed by atoms with Gasteiger partial charge in [0.1, 0.15) is 11.6 Å². The largest absolute Gasteiger partial charge is 0.508 e. The maximum absolute atomic E-state index is 13.2. The molecular weight excluding hydrogens is 229 g/mol. The fourth-order valence-corrected chi connectivity index (χ4v) is 3.08. The Bertz CT molecular complexity index is 387. The summed E-state index contributed by atoms with van der Waals surface area (Å²) in [6.07, 6.45) is 5.11. The van der Waals surface area contributed by atoms with Crippen LogP contribution >= 0.6 is 0 Å². The molecule has 2 unspecified atom stereocenters. The Morgan fingerprint density at radius 2 is 2.00 bits per heavy atom. The number of phenols is 1. The Kier molecular flexibility index (Phi) is 4.23. The van der Waals surface area contributed by atoms with Gasteiger partial charge in [-0.25, -0.2) is 4.39 Å². The Hall–Kier alpha value is -1.09. The van der Waals surface area contributed by atoms with Gasteiger partial charge in [0, 0.05) is 18.7 Å². The average Bonchev–Trinajstić information content (AvgIpc) is 2.27. The molecule has 1 aliphatic rings. The molecule has 100 valence electrons. The highest BCUT2D eigenvalue weighted by Gasteiger charge is 2.24. The number of halogens is 1. The second-order valence-electron chi connectivity index (χ2n) is 5.56. The highest BCUT2D eigenvalue weighted by Crippen LogP contribution is 2.28. The van der Waals surface area contributed by atoms with E-state index < -0.39 is 0 Å². The summed E-state index contributed by atoms with van der Waals surface area (Å²) in [5.41, 5.74) is 0.841. The van der Waals surface area contributed by atoms with E-state index in [-0.39, 0.29) is 11.6 Å². The van der Waals surface area contributed by atoms with Crippen molar-refractivity contribution in [2.45, 2.75) is 45.2 Å². The molecule has 0 aliphatic heterocycles. The van der Waals surface area contributed by atoms with Gasteiger partial charge in [-0.2, -0.15) is 0 Å². The zero-order chi connectivity index (χ0) is 13.1. The van der Waals surface area contributed by atoms with Crippen LogP contribution in [0.3, 0.4) is 0 Å². The molecule has 0 aromatic heterocycles. The summed E-state index contributed by atoms with van der Waals surface area (Å²) in [6.45, 7) is 2.99. The quantitative estimate of drug-likeness (QED) is 0.888. The van der Waals surface area contributed by atoms with Crippen molar-refractivity contribution in [1.29, 1.82) is 0 Å². The first-order valence-electron chi connectivity index (χ1n) is 6.75. The summed E-state index contributed by atoms with van der Waals surface area (Å²) in [5.74, 6) is 0.344. The van der Waals surface area contributed by atoms with Gasteiger partial charge in [-0.05, 0) is 43.5 Å². The predicted molar refractivity (Wildman–Crippen MR) is 71.0 cm³/mol. The van der Waals surface area contributed by atoms with Crippen molar-refractivity contribution in [1.82, 2.24) is 4.90 Å². The van der Waals surface area contributed by atoms with Crippen LogP contribution in [0, 0.1) is 11.7 Å². The summed E-state index contributed by atoms with van der Waals surface area (Å²) >= 11 is 0.